The first-order valence-corrected chi connectivity index (χ1v) is 16.1. The molecule has 2 heterocycles. The SMILES string of the molecule is CCCCc1ccc2c(c1)c1ccccc1n2-c1ccc(-c2nc(-c3cc(C)cc(C)c3)cc(-c3cc(C)cc(C)c3)n2)cc1. The molecule has 0 fully saturated rings. The molecule has 0 aliphatic rings. The van der Waals surface area contributed by atoms with Crippen molar-refractivity contribution in [1.29, 1.82) is 0 Å². The average molecular weight is 586 g/mol. The minimum atomic E-state index is 0.732. The lowest BCUT2D eigenvalue weighted by Gasteiger charge is -2.13. The van der Waals surface area contributed by atoms with Gasteiger partial charge in [0.2, 0.25) is 0 Å². The van der Waals surface area contributed by atoms with E-state index >= 15 is 0 Å². The Morgan fingerprint density at radius 2 is 1.11 bits per heavy atom. The van der Waals surface area contributed by atoms with Crippen LogP contribution in [0.25, 0.3) is 61.4 Å². The number of aryl methyl sites for hydroxylation is 5. The largest absolute Gasteiger partial charge is 0.309 e. The van der Waals surface area contributed by atoms with E-state index in [2.05, 4.69) is 148 Å². The lowest BCUT2D eigenvalue weighted by Crippen LogP contribution is -1.98. The van der Waals surface area contributed by atoms with Crippen LogP contribution >= 0.6 is 0 Å². The molecule has 0 aliphatic carbocycles. The molecule has 5 aromatic carbocycles. The summed E-state index contributed by atoms with van der Waals surface area (Å²) >= 11 is 0. The number of hydrogen-bond acceptors (Lipinski definition) is 2. The third kappa shape index (κ3) is 5.67. The Morgan fingerprint density at radius 3 is 1.71 bits per heavy atom. The highest BCUT2D eigenvalue weighted by molar-refractivity contribution is 6.09. The Morgan fingerprint density at radius 1 is 0.533 bits per heavy atom. The summed E-state index contributed by atoms with van der Waals surface area (Å²) in [5, 5.41) is 2.60. The van der Waals surface area contributed by atoms with Gasteiger partial charge in [-0.05, 0) is 119 Å². The molecule has 3 nitrogen and oxygen atoms in total. The van der Waals surface area contributed by atoms with Gasteiger partial charge < -0.3 is 4.57 Å². The van der Waals surface area contributed by atoms with E-state index in [-0.39, 0.29) is 0 Å². The molecule has 0 saturated heterocycles. The number of benzene rings is 5. The van der Waals surface area contributed by atoms with Gasteiger partial charge in [0.25, 0.3) is 0 Å². The van der Waals surface area contributed by atoms with Crippen LogP contribution in [-0.2, 0) is 6.42 Å². The molecule has 222 valence electrons. The standard InChI is InChI=1S/C42H39N3/c1-6-7-10-31-13-18-41-37(25-31)36-11-8-9-12-40(36)45(41)35-16-14-32(15-17-35)42-43-38(33-21-27(2)19-28(3)22-33)26-39(44-42)34-23-29(4)20-30(5)24-34/h8-9,11-26H,6-7,10H2,1-5H3. The predicted molar refractivity (Wildman–Crippen MR) is 190 cm³/mol. The number of rotatable bonds is 7. The molecule has 0 aliphatic heterocycles. The summed E-state index contributed by atoms with van der Waals surface area (Å²) in [7, 11) is 0. The average Bonchev–Trinajstić information content (AvgIpc) is 3.36. The molecule has 3 heteroatoms. The summed E-state index contributed by atoms with van der Waals surface area (Å²) < 4.78 is 2.38. The Kier molecular flexibility index (Phi) is 7.55. The van der Waals surface area contributed by atoms with Gasteiger partial charge in [0.1, 0.15) is 0 Å². The molecular formula is C42H39N3. The van der Waals surface area contributed by atoms with Crippen molar-refractivity contribution >= 4 is 21.8 Å². The summed E-state index contributed by atoms with van der Waals surface area (Å²) in [5.41, 5.74) is 15.0. The summed E-state index contributed by atoms with van der Waals surface area (Å²) in [6, 6.07) is 39.8. The fourth-order valence-corrected chi connectivity index (χ4v) is 6.71. The second-order valence-corrected chi connectivity index (χ2v) is 12.6. The van der Waals surface area contributed by atoms with Crippen LogP contribution in [0.1, 0.15) is 47.6 Å². The van der Waals surface area contributed by atoms with E-state index in [9.17, 15) is 0 Å². The topological polar surface area (TPSA) is 30.7 Å². The van der Waals surface area contributed by atoms with Crippen LogP contribution in [0.3, 0.4) is 0 Å². The molecule has 7 rings (SSSR count). The first-order valence-electron chi connectivity index (χ1n) is 16.1. The number of nitrogens with zero attached hydrogens (tertiary/aromatic N) is 3. The molecule has 0 atom stereocenters. The number of unbranched alkanes of at least 4 members (excludes halogenated alkanes) is 1. The first kappa shape index (κ1) is 28.7. The van der Waals surface area contributed by atoms with Gasteiger partial charge in [0, 0.05) is 33.2 Å². The van der Waals surface area contributed by atoms with E-state index in [0.717, 1.165) is 46.0 Å². The predicted octanol–water partition coefficient (Wildman–Crippen LogP) is 11.2. The second kappa shape index (κ2) is 11.8. The van der Waals surface area contributed by atoms with Gasteiger partial charge >= 0.3 is 0 Å². The molecule has 0 bridgehead atoms. The lowest BCUT2D eigenvalue weighted by molar-refractivity contribution is 0.796. The first-order chi connectivity index (χ1) is 21.9. The van der Waals surface area contributed by atoms with Crippen LogP contribution in [-0.4, -0.2) is 14.5 Å². The third-order valence-electron chi connectivity index (χ3n) is 8.70. The normalized spacial score (nSPS) is 11.5. The molecule has 45 heavy (non-hydrogen) atoms. The smallest absolute Gasteiger partial charge is 0.160 e. The van der Waals surface area contributed by atoms with E-state index in [1.807, 2.05) is 0 Å². The van der Waals surface area contributed by atoms with Crippen LogP contribution in [0, 0.1) is 27.7 Å². The Labute approximate surface area is 266 Å². The van der Waals surface area contributed by atoms with Crippen molar-refractivity contribution in [1.82, 2.24) is 14.5 Å². The quantitative estimate of drug-likeness (QED) is 0.186. The monoisotopic (exact) mass is 585 g/mol. The van der Waals surface area contributed by atoms with Crippen molar-refractivity contribution in [3.05, 3.63) is 137 Å². The summed E-state index contributed by atoms with van der Waals surface area (Å²) in [5.74, 6) is 0.732. The Bertz CT molecular complexity index is 2070. The Balaban J connectivity index is 1.35. The minimum Gasteiger partial charge on any atom is -0.309 e. The van der Waals surface area contributed by atoms with Gasteiger partial charge in [-0.2, -0.15) is 0 Å². The van der Waals surface area contributed by atoms with Crippen LogP contribution in [0.5, 0.6) is 0 Å². The van der Waals surface area contributed by atoms with Gasteiger partial charge in [0.05, 0.1) is 22.4 Å². The highest BCUT2D eigenvalue weighted by Crippen LogP contribution is 2.34. The van der Waals surface area contributed by atoms with E-state index in [1.54, 1.807) is 0 Å². The molecule has 0 unspecified atom stereocenters. The number of fused-ring (bicyclic) bond motifs is 3. The fourth-order valence-electron chi connectivity index (χ4n) is 6.71. The minimum absolute atomic E-state index is 0.732. The van der Waals surface area contributed by atoms with E-state index in [4.69, 9.17) is 9.97 Å². The van der Waals surface area contributed by atoms with Crippen molar-refractivity contribution in [2.45, 2.75) is 53.9 Å². The highest BCUT2D eigenvalue weighted by atomic mass is 15.0. The number of aromatic nitrogens is 3. The summed E-state index contributed by atoms with van der Waals surface area (Å²) in [6.45, 7) is 10.8. The van der Waals surface area contributed by atoms with Crippen molar-refractivity contribution in [3.63, 3.8) is 0 Å². The summed E-state index contributed by atoms with van der Waals surface area (Å²) in [4.78, 5) is 10.3. The van der Waals surface area contributed by atoms with Crippen molar-refractivity contribution in [3.8, 4) is 39.6 Å². The maximum Gasteiger partial charge on any atom is 0.160 e. The maximum atomic E-state index is 5.13. The second-order valence-electron chi connectivity index (χ2n) is 12.6. The van der Waals surface area contributed by atoms with Crippen LogP contribution in [0.4, 0.5) is 0 Å². The lowest BCUT2D eigenvalue weighted by atomic mass is 10.0. The number of hydrogen-bond donors (Lipinski definition) is 0. The van der Waals surface area contributed by atoms with E-state index in [1.165, 1.54) is 62.5 Å². The van der Waals surface area contributed by atoms with E-state index < -0.39 is 0 Å². The van der Waals surface area contributed by atoms with Gasteiger partial charge in [-0.15, -0.1) is 0 Å². The van der Waals surface area contributed by atoms with Gasteiger partial charge in [-0.25, -0.2) is 9.97 Å². The van der Waals surface area contributed by atoms with Crippen LogP contribution in [0.2, 0.25) is 0 Å². The zero-order valence-corrected chi connectivity index (χ0v) is 26.9. The number of para-hydroxylation sites is 1. The molecule has 7 aromatic rings. The molecule has 0 saturated carbocycles. The third-order valence-corrected chi connectivity index (χ3v) is 8.70. The zero-order chi connectivity index (χ0) is 31.1. The fraction of sp³-hybridized carbons (Fsp3) is 0.190. The van der Waals surface area contributed by atoms with Gasteiger partial charge in [-0.1, -0.05) is 72.0 Å². The molecule has 0 N–H and O–H groups in total. The van der Waals surface area contributed by atoms with Crippen molar-refractivity contribution in [2.24, 2.45) is 0 Å². The van der Waals surface area contributed by atoms with Crippen LogP contribution < -0.4 is 0 Å². The molecule has 0 spiro atoms. The zero-order valence-electron chi connectivity index (χ0n) is 26.9. The van der Waals surface area contributed by atoms with Crippen molar-refractivity contribution in [2.75, 3.05) is 0 Å². The van der Waals surface area contributed by atoms with Crippen LogP contribution in [0.15, 0.2) is 109 Å². The molecule has 0 radical (unpaired) electrons. The molecule has 2 aromatic heterocycles. The van der Waals surface area contributed by atoms with E-state index in [0.29, 0.717) is 0 Å². The van der Waals surface area contributed by atoms with Gasteiger partial charge in [-0.3, -0.25) is 0 Å². The van der Waals surface area contributed by atoms with Crippen molar-refractivity contribution < 1.29 is 0 Å². The van der Waals surface area contributed by atoms with Gasteiger partial charge in [0.15, 0.2) is 5.82 Å². The highest BCUT2D eigenvalue weighted by Gasteiger charge is 2.15. The molecule has 0 amide bonds. The maximum absolute atomic E-state index is 5.13. The molecular weight excluding hydrogens is 546 g/mol. The summed E-state index contributed by atoms with van der Waals surface area (Å²) in [6.07, 6.45) is 3.53. The Hall–Kier alpha value is -5.02.